The minimum Gasteiger partial charge on any atom is -0.298 e. The molecule has 1 aromatic rings. The Morgan fingerprint density at radius 1 is 1.47 bits per heavy atom. The first-order chi connectivity index (χ1) is 8.00. The summed E-state index contributed by atoms with van der Waals surface area (Å²) in [6, 6.07) is 7.65. The molecule has 90 valence electrons. The monoisotopic (exact) mass is 248 g/mol. The molecule has 0 aliphatic carbocycles. The minimum atomic E-state index is 0.416. The number of likely N-dealkylation sites (tertiary alicyclic amines) is 1. The van der Waals surface area contributed by atoms with E-state index in [-0.39, 0.29) is 0 Å². The molecule has 1 saturated heterocycles. The second-order valence-electron chi connectivity index (χ2n) is 5.54. The van der Waals surface area contributed by atoms with Crippen LogP contribution in [0.25, 0.3) is 0 Å². The summed E-state index contributed by atoms with van der Waals surface area (Å²) < 4.78 is 0. The van der Waals surface area contributed by atoms with E-state index in [2.05, 4.69) is 24.8 Å². The summed E-state index contributed by atoms with van der Waals surface area (Å²) in [5.41, 5.74) is 2.16. The summed E-state index contributed by atoms with van der Waals surface area (Å²) in [5, 5.41) is 9.49. The number of nitrogens with zero attached hydrogens (tertiary/aromatic N) is 2. The Kier molecular flexibility index (Phi) is 3.42. The number of halogens is 1. The van der Waals surface area contributed by atoms with E-state index in [0.717, 1.165) is 25.2 Å². The van der Waals surface area contributed by atoms with Gasteiger partial charge in [-0.3, -0.25) is 4.90 Å². The second-order valence-corrected chi connectivity index (χ2v) is 5.95. The lowest BCUT2D eigenvalue weighted by atomic mass is 9.93. The Bertz CT molecular complexity index is 460. The first kappa shape index (κ1) is 12.4. The van der Waals surface area contributed by atoms with Gasteiger partial charge in [-0.1, -0.05) is 31.5 Å². The fraction of sp³-hybridized carbons (Fsp3) is 0.500. The van der Waals surface area contributed by atoms with Crippen LogP contribution in [0.15, 0.2) is 18.2 Å². The van der Waals surface area contributed by atoms with Gasteiger partial charge in [0.1, 0.15) is 0 Å². The van der Waals surface area contributed by atoms with Crippen molar-refractivity contribution in [2.45, 2.75) is 26.8 Å². The van der Waals surface area contributed by atoms with Gasteiger partial charge >= 0.3 is 0 Å². The molecule has 0 spiro atoms. The highest BCUT2D eigenvalue weighted by atomic mass is 35.5. The molecule has 0 bridgehead atoms. The molecule has 2 nitrogen and oxygen atoms in total. The topological polar surface area (TPSA) is 27.0 Å². The van der Waals surface area contributed by atoms with Gasteiger partial charge in [0.25, 0.3) is 0 Å². The zero-order valence-corrected chi connectivity index (χ0v) is 11.1. The van der Waals surface area contributed by atoms with Gasteiger partial charge in [0.05, 0.1) is 11.6 Å². The van der Waals surface area contributed by atoms with E-state index >= 15 is 0 Å². The van der Waals surface area contributed by atoms with Crippen molar-refractivity contribution in [2.24, 2.45) is 5.41 Å². The average molecular weight is 249 g/mol. The third-order valence-electron chi connectivity index (χ3n) is 3.33. The van der Waals surface area contributed by atoms with Gasteiger partial charge in [-0.05, 0) is 36.1 Å². The van der Waals surface area contributed by atoms with Crippen LogP contribution in [0.2, 0.25) is 5.02 Å². The standard InChI is InChI=1S/C14H17ClN2/c1-14(2)5-6-17(10-14)9-12-4-3-11(8-16)7-13(12)15/h3-4,7H,5-6,9-10H2,1-2H3. The molecule has 1 aliphatic heterocycles. The predicted molar refractivity (Wildman–Crippen MR) is 69.8 cm³/mol. The van der Waals surface area contributed by atoms with Gasteiger partial charge in [0, 0.05) is 18.1 Å². The van der Waals surface area contributed by atoms with E-state index in [4.69, 9.17) is 16.9 Å². The van der Waals surface area contributed by atoms with Gasteiger partial charge in [-0.25, -0.2) is 0 Å². The van der Waals surface area contributed by atoms with Crippen molar-refractivity contribution in [2.75, 3.05) is 13.1 Å². The molecule has 0 saturated carbocycles. The number of nitriles is 1. The molecular weight excluding hydrogens is 232 g/mol. The highest BCUT2D eigenvalue weighted by Gasteiger charge is 2.29. The lowest BCUT2D eigenvalue weighted by molar-refractivity contribution is 0.284. The van der Waals surface area contributed by atoms with Crippen LogP contribution in [-0.4, -0.2) is 18.0 Å². The third kappa shape index (κ3) is 3.00. The molecule has 3 heteroatoms. The molecule has 0 N–H and O–H groups in total. The third-order valence-corrected chi connectivity index (χ3v) is 3.68. The van der Waals surface area contributed by atoms with Crippen LogP contribution in [0.4, 0.5) is 0 Å². The number of rotatable bonds is 2. The SMILES string of the molecule is CC1(C)CCN(Cc2ccc(C#N)cc2Cl)C1. The largest absolute Gasteiger partial charge is 0.298 e. The van der Waals surface area contributed by atoms with Crippen LogP contribution in [0.5, 0.6) is 0 Å². The van der Waals surface area contributed by atoms with Gasteiger partial charge < -0.3 is 0 Å². The Morgan fingerprint density at radius 3 is 2.76 bits per heavy atom. The quantitative estimate of drug-likeness (QED) is 0.802. The molecule has 0 radical (unpaired) electrons. The fourth-order valence-electron chi connectivity index (χ4n) is 2.35. The Hall–Kier alpha value is -1.04. The molecule has 2 rings (SSSR count). The zero-order chi connectivity index (χ0) is 12.5. The molecule has 0 aromatic heterocycles. The number of benzene rings is 1. The van der Waals surface area contributed by atoms with Crippen molar-refractivity contribution in [3.05, 3.63) is 34.3 Å². The lowest BCUT2D eigenvalue weighted by Gasteiger charge is -2.20. The van der Waals surface area contributed by atoms with Crippen molar-refractivity contribution in [3.63, 3.8) is 0 Å². The number of hydrogen-bond acceptors (Lipinski definition) is 2. The summed E-state index contributed by atoms with van der Waals surface area (Å²) in [4.78, 5) is 2.42. The van der Waals surface area contributed by atoms with Crippen LogP contribution < -0.4 is 0 Å². The van der Waals surface area contributed by atoms with Gasteiger partial charge in [0.15, 0.2) is 0 Å². The molecule has 0 atom stereocenters. The van der Waals surface area contributed by atoms with Gasteiger partial charge in [-0.15, -0.1) is 0 Å². The van der Waals surface area contributed by atoms with E-state index in [1.807, 2.05) is 12.1 Å². The van der Waals surface area contributed by atoms with Crippen molar-refractivity contribution >= 4 is 11.6 Å². The van der Waals surface area contributed by atoms with Crippen LogP contribution in [0, 0.1) is 16.7 Å². The van der Waals surface area contributed by atoms with Crippen LogP contribution in [0.3, 0.4) is 0 Å². The highest BCUT2D eigenvalue weighted by molar-refractivity contribution is 6.31. The summed E-state index contributed by atoms with van der Waals surface area (Å²) in [6.45, 7) is 7.72. The Balaban J connectivity index is 2.08. The second kappa shape index (κ2) is 4.68. The van der Waals surface area contributed by atoms with Gasteiger partial charge in [0.2, 0.25) is 0 Å². The molecule has 1 aromatic carbocycles. The predicted octanol–water partition coefficient (Wildman–Crippen LogP) is 3.44. The maximum atomic E-state index is 8.79. The molecule has 0 amide bonds. The first-order valence-electron chi connectivity index (χ1n) is 5.91. The molecule has 1 fully saturated rings. The van der Waals surface area contributed by atoms with Crippen molar-refractivity contribution in [1.29, 1.82) is 5.26 Å². The summed E-state index contributed by atoms with van der Waals surface area (Å²) in [5.74, 6) is 0. The number of hydrogen-bond donors (Lipinski definition) is 0. The van der Waals surface area contributed by atoms with E-state index in [9.17, 15) is 0 Å². The van der Waals surface area contributed by atoms with Crippen LogP contribution in [-0.2, 0) is 6.54 Å². The Morgan fingerprint density at radius 2 is 2.24 bits per heavy atom. The van der Waals surface area contributed by atoms with E-state index in [1.165, 1.54) is 6.42 Å². The minimum absolute atomic E-state index is 0.416. The molecular formula is C14H17ClN2. The van der Waals surface area contributed by atoms with Crippen molar-refractivity contribution in [1.82, 2.24) is 4.90 Å². The molecule has 0 unspecified atom stereocenters. The van der Waals surface area contributed by atoms with Crippen LogP contribution >= 0.6 is 11.6 Å². The Labute approximate surface area is 108 Å². The molecule has 1 heterocycles. The first-order valence-corrected chi connectivity index (χ1v) is 6.29. The van der Waals surface area contributed by atoms with Crippen molar-refractivity contribution in [3.8, 4) is 6.07 Å². The smallest absolute Gasteiger partial charge is 0.0992 e. The molecule has 1 aliphatic rings. The zero-order valence-electron chi connectivity index (χ0n) is 10.3. The maximum Gasteiger partial charge on any atom is 0.0992 e. The molecule has 17 heavy (non-hydrogen) atoms. The summed E-state index contributed by atoms with van der Waals surface area (Å²) in [7, 11) is 0. The van der Waals surface area contributed by atoms with Gasteiger partial charge in [-0.2, -0.15) is 5.26 Å². The van der Waals surface area contributed by atoms with Crippen molar-refractivity contribution < 1.29 is 0 Å². The van der Waals surface area contributed by atoms with E-state index < -0.39 is 0 Å². The summed E-state index contributed by atoms with van der Waals surface area (Å²) >= 11 is 6.18. The van der Waals surface area contributed by atoms with E-state index in [1.54, 1.807) is 6.07 Å². The average Bonchev–Trinajstić information content (AvgIpc) is 2.61. The highest BCUT2D eigenvalue weighted by Crippen LogP contribution is 2.30. The fourth-order valence-corrected chi connectivity index (χ4v) is 2.59. The van der Waals surface area contributed by atoms with E-state index in [0.29, 0.717) is 16.0 Å². The summed E-state index contributed by atoms with van der Waals surface area (Å²) in [6.07, 6.45) is 1.24. The van der Waals surface area contributed by atoms with Crippen LogP contribution in [0.1, 0.15) is 31.4 Å². The maximum absolute atomic E-state index is 8.79. The lowest BCUT2D eigenvalue weighted by Crippen LogP contribution is -2.23. The normalized spacial score (nSPS) is 19.2.